The van der Waals surface area contributed by atoms with E-state index < -0.39 is 0 Å². The zero-order valence-electron chi connectivity index (χ0n) is 10.2. The molecule has 1 aromatic rings. The van der Waals surface area contributed by atoms with Gasteiger partial charge >= 0.3 is 0 Å². The van der Waals surface area contributed by atoms with Gasteiger partial charge in [-0.1, -0.05) is 18.2 Å². The van der Waals surface area contributed by atoms with Gasteiger partial charge in [-0.05, 0) is 13.0 Å². The minimum atomic E-state index is -0.361. The molecule has 0 bridgehead atoms. The lowest BCUT2D eigenvalue weighted by Gasteiger charge is -2.17. The molecule has 1 heterocycles. The number of nitrogens with two attached hydrogens (primary N) is 1. The van der Waals surface area contributed by atoms with E-state index in [1.807, 2.05) is 31.2 Å². The van der Waals surface area contributed by atoms with Gasteiger partial charge < -0.3 is 15.4 Å². The second-order valence-electron chi connectivity index (χ2n) is 4.48. The number of para-hydroxylation sites is 1. The molecule has 1 aliphatic rings. The van der Waals surface area contributed by atoms with Crippen LogP contribution in [0.2, 0.25) is 0 Å². The van der Waals surface area contributed by atoms with Crippen molar-refractivity contribution in [1.82, 2.24) is 4.90 Å². The Morgan fingerprint density at radius 2 is 2.18 bits per heavy atom. The first-order valence-electron chi connectivity index (χ1n) is 5.85. The first-order chi connectivity index (χ1) is 8.09. The van der Waals surface area contributed by atoms with E-state index in [0.717, 1.165) is 24.3 Å². The molecule has 17 heavy (non-hydrogen) atoms. The molecule has 0 aromatic heterocycles. The Morgan fingerprint density at radius 3 is 2.76 bits per heavy atom. The van der Waals surface area contributed by atoms with Crippen molar-refractivity contribution in [2.75, 3.05) is 13.6 Å². The fourth-order valence-electron chi connectivity index (χ4n) is 2.02. The molecule has 0 spiro atoms. The molecular formula is C13H18N2O2. The van der Waals surface area contributed by atoms with Crippen molar-refractivity contribution in [3.8, 4) is 5.75 Å². The summed E-state index contributed by atoms with van der Waals surface area (Å²) in [6, 6.07) is 7.52. The summed E-state index contributed by atoms with van der Waals surface area (Å²) in [7, 11) is 1.79. The summed E-state index contributed by atoms with van der Waals surface area (Å²) in [4.78, 5) is 13.5. The number of hydrogen-bond donors (Lipinski definition) is 1. The van der Waals surface area contributed by atoms with E-state index >= 15 is 0 Å². The van der Waals surface area contributed by atoms with E-state index in [1.54, 1.807) is 11.9 Å². The SMILES string of the molecule is C[C@H](N)c1ccccc1OC1CCN(C)C1=O. The molecule has 1 unspecified atom stereocenters. The summed E-state index contributed by atoms with van der Waals surface area (Å²) < 4.78 is 5.78. The third-order valence-corrected chi connectivity index (χ3v) is 3.06. The zero-order chi connectivity index (χ0) is 12.4. The molecule has 2 N–H and O–H groups in total. The molecule has 1 saturated heterocycles. The third kappa shape index (κ3) is 2.42. The number of ether oxygens (including phenoxy) is 1. The van der Waals surface area contributed by atoms with E-state index in [4.69, 9.17) is 10.5 Å². The molecular weight excluding hydrogens is 216 g/mol. The Kier molecular flexibility index (Phi) is 3.33. The summed E-state index contributed by atoms with van der Waals surface area (Å²) in [6.07, 6.45) is 0.378. The van der Waals surface area contributed by atoms with Crippen LogP contribution in [0.4, 0.5) is 0 Å². The number of nitrogens with zero attached hydrogens (tertiary/aromatic N) is 1. The smallest absolute Gasteiger partial charge is 0.263 e. The van der Waals surface area contributed by atoms with Crippen molar-refractivity contribution in [3.63, 3.8) is 0 Å². The molecule has 0 radical (unpaired) electrons. The molecule has 2 rings (SSSR count). The van der Waals surface area contributed by atoms with Gasteiger partial charge in [-0.15, -0.1) is 0 Å². The normalized spacial score (nSPS) is 21.7. The Balaban J connectivity index is 2.16. The van der Waals surface area contributed by atoms with Gasteiger partial charge in [0.1, 0.15) is 5.75 Å². The maximum atomic E-state index is 11.8. The van der Waals surface area contributed by atoms with Gasteiger partial charge in [-0.3, -0.25) is 4.79 Å². The van der Waals surface area contributed by atoms with Gasteiger partial charge in [-0.2, -0.15) is 0 Å². The van der Waals surface area contributed by atoms with E-state index in [-0.39, 0.29) is 18.1 Å². The Hall–Kier alpha value is -1.55. The van der Waals surface area contributed by atoms with Gasteiger partial charge in [0.05, 0.1) is 0 Å². The quantitative estimate of drug-likeness (QED) is 0.858. The van der Waals surface area contributed by atoms with Crippen LogP contribution in [0.5, 0.6) is 5.75 Å². The first kappa shape index (κ1) is 11.9. The summed E-state index contributed by atoms with van der Waals surface area (Å²) >= 11 is 0. The lowest BCUT2D eigenvalue weighted by Crippen LogP contribution is -2.29. The van der Waals surface area contributed by atoms with Crippen LogP contribution in [0.3, 0.4) is 0 Å². The summed E-state index contributed by atoms with van der Waals surface area (Å²) in [5.41, 5.74) is 6.82. The molecule has 4 nitrogen and oxygen atoms in total. The highest BCUT2D eigenvalue weighted by atomic mass is 16.5. The second-order valence-corrected chi connectivity index (χ2v) is 4.48. The number of hydrogen-bond acceptors (Lipinski definition) is 3. The van der Waals surface area contributed by atoms with Gasteiger partial charge in [0.25, 0.3) is 5.91 Å². The van der Waals surface area contributed by atoms with Crippen molar-refractivity contribution in [2.45, 2.75) is 25.5 Å². The second kappa shape index (κ2) is 4.75. The van der Waals surface area contributed by atoms with Gasteiger partial charge in [0.15, 0.2) is 6.10 Å². The van der Waals surface area contributed by atoms with Crippen molar-refractivity contribution in [1.29, 1.82) is 0 Å². The molecule has 2 atom stereocenters. The van der Waals surface area contributed by atoms with Crippen molar-refractivity contribution in [2.24, 2.45) is 5.73 Å². The van der Waals surface area contributed by atoms with Crippen LogP contribution in [0, 0.1) is 0 Å². The minimum Gasteiger partial charge on any atom is -0.480 e. The average Bonchev–Trinajstić information content (AvgIpc) is 2.61. The van der Waals surface area contributed by atoms with Crippen LogP contribution in [0.15, 0.2) is 24.3 Å². The fraction of sp³-hybridized carbons (Fsp3) is 0.462. The number of carbonyl (C=O) groups excluding carboxylic acids is 1. The van der Waals surface area contributed by atoms with Crippen molar-refractivity contribution < 1.29 is 9.53 Å². The Morgan fingerprint density at radius 1 is 1.47 bits per heavy atom. The van der Waals surface area contributed by atoms with E-state index in [2.05, 4.69) is 0 Å². The summed E-state index contributed by atoms with van der Waals surface area (Å²) in [5.74, 6) is 0.764. The molecule has 1 amide bonds. The average molecular weight is 234 g/mol. The lowest BCUT2D eigenvalue weighted by atomic mass is 10.1. The highest BCUT2D eigenvalue weighted by molar-refractivity contribution is 5.83. The van der Waals surface area contributed by atoms with E-state index in [9.17, 15) is 4.79 Å². The maximum absolute atomic E-state index is 11.8. The van der Waals surface area contributed by atoms with Crippen molar-refractivity contribution in [3.05, 3.63) is 29.8 Å². The highest BCUT2D eigenvalue weighted by Crippen LogP contribution is 2.26. The summed E-state index contributed by atoms with van der Waals surface area (Å²) in [6.45, 7) is 2.66. The molecule has 1 fully saturated rings. The van der Waals surface area contributed by atoms with Crippen LogP contribution < -0.4 is 10.5 Å². The first-order valence-corrected chi connectivity index (χ1v) is 5.85. The Labute approximate surface area is 101 Å². The van der Waals surface area contributed by atoms with Gasteiger partial charge in [0, 0.05) is 31.6 Å². The minimum absolute atomic E-state index is 0.0458. The standard InChI is InChI=1S/C13H18N2O2/c1-9(14)10-5-3-4-6-11(10)17-12-7-8-15(2)13(12)16/h3-6,9,12H,7-8,14H2,1-2H3/t9-,12?/m0/s1. The van der Waals surface area contributed by atoms with Crippen LogP contribution in [-0.4, -0.2) is 30.5 Å². The molecule has 4 heteroatoms. The number of rotatable bonds is 3. The van der Waals surface area contributed by atoms with E-state index in [0.29, 0.717) is 0 Å². The molecule has 1 aliphatic heterocycles. The highest BCUT2D eigenvalue weighted by Gasteiger charge is 2.31. The fourth-order valence-corrected chi connectivity index (χ4v) is 2.02. The molecule has 92 valence electrons. The van der Waals surface area contributed by atoms with Crippen LogP contribution in [-0.2, 0) is 4.79 Å². The predicted octanol–water partition coefficient (Wildman–Crippen LogP) is 1.32. The monoisotopic (exact) mass is 234 g/mol. The molecule has 1 aromatic carbocycles. The van der Waals surface area contributed by atoms with Crippen LogP contribution in [0.25, 0.3) is 0 Å². The Bertz CT molecular complexity index is 418. The predicted molar refractivity (Wildman–Crippen MR) is 65.7 cm³/mol. The molecule has 0 aliphatic carbocycles. The largest absolute Gasteiger partial charge is 0.480 e. The van der Waals surface area contributed by atoms with Crippen LogP contribution in [0.1, 0.15) is 24.9 Å². The van der Waals surface area contributed by atoms with Gasteiger partial charge in [-0.25, -0.2) is 0 Å². The maximum Gasteiger partial charge on any atom is 0.263 e. The van der Waals surface area contributed by atoms with Crippen molar-refractivity contribution >= 4 is 5.91 Å². The topological polar surface area (TPSA) is 55.6 Å². The van der Waals surface area contributed by atoms with E-state index in [1.165, 1.54) is 0 Å². The summed E-state index contributed by atoms with van der Waals surface area (Å²) in [5, 5.41) is 0. The number of likely N-dealkylation sites (N-methyl/N-ethyl adjacent to an activating group) is 1. The molecule has 0 saturated carbocycles. The van der Waals surface area contributed by atoms with Crippen LogP contribution >= 0.6 is 0 Å². The van der Waals surface area contributed by atoms with Gasteiger partial charge in [0.2, 0.25) is 0 Å². The lowest BCUT2D eigenvalue weighted by molar-refractivity contribution is -0.132. The number of benzene rings is 1. The number of carbonyl (C=O) groups is 1. The third-order valence-electron chi connectivity index (χ3n) is 3.06. The number of likely N-dealkylation sites (tertiary alicyclic amines) is 1. The number of amides is 1. The zero-order valence-corrected chi connectivity index (χ0v) is 10.2.